The number of nitro benzene ring substituents is 1. The van der Waals surface area contributed by atoms with Gasteiger partial charge in [0, 0.05) is 17.8 Å². The largest absolute Gasteiger partial charge is 0.322 e. The number of anilines is 1. The van der Waals surface area contributed by atoms with Crippen LogP contribution in [0.5, 0.6) is 0 Å². The Balaban J connectivity index is 1.99. The molecule has 3 aromatic carbocycles. The first kappa shape index (κ1) is 20.2. The SMILES string of the molecule is CCc1ccccc1NC(=O)c1ccccc1S(=O)(=O)c1ccc([N+](=O)[O-])cc1. The molecule has 8 heteroatoms. The summed E-state index contributed by atoms with van der Waals surface area (Å²) in [7, 11) is -4.05. The van der Waals surface area contributed by atoms with Crippen molar-refractivity contribution in [3.05, 3.63) is 94.0 Å². The minimum absolute atomic E-state index is 0.00300. The summed E-state index contributed by atoms with van der Waals surface area (Å²) in [5.41, 5.74) is 1.32. The number of hydrogen-bond donors (Lipinski definition) is 1. The lowest BCUT2D eigenvalue weighted by Crippen LogP contribution is -2.17. The third kappa shape index (κ3) is 4.17. The van der Waals surface area contributed by atoms with Gasteiger partial charge in [0.15, 0.2) is 0 Å². The van der Waals surface area contributed by atoms with Gasteiger partial charge in [-0.05, 0) is 42.3 Å². The second-order valence-corrected chi connectivity index (χ2v) is 8.13. The summed E-state index contributed by atoms with van der Waals surface area (Å²) in [4.78, 5) is 22.8. The number of carbonyl (C=O) groups is 1. The molecule has 0 saturated carbocycles. The number of hydrogen-bond acceptors (Lipinski definition) is 5. The number of non-ortho nitro benzene ring substituents is 1. The van der Waals surface area contributed by atoms with E-state index in [0.717, 1.165) is 29.8 Å². The second kappa shape index (κ2) is 8.24. The number of nitrogens with zero attached hydrogens (tertiary/aromatic N) is 1. The van der Waals surface area contributed by atoms with Crippen LogP contribution in [-0.2, 0) is 16.3 Å². The normalized spacial score (nSPS) is 11.1. The van der Waals surface area contributed by atoms with Crippen LogP contribution in [0.4, 0.5) is 11.4 Å². The highest BCUT2D eigenvalue weighted by atomic mass is 32.2. The van der Waals surface area contributed by atoms with Gasteiger partial charge in [-0.2, -0.15) is 0 Å². The van der Waals surface area contributed by atoms with Crippen molar-refractivity contribution in [3.63, 3.8) is 0 Å². The summed E-state index contributed by atoms with van der Waals surface area (Å²) in [6.45, 7) is 1.96. The van der Waals surface area contributed by atoms with E-state index in [4.69, 9.17) is 0 Å². The van der Waals surface area contributed by atoms with E-state index in [2.05, 4.69) is 5.32 Å². The molecule has 1 N–H and O–H groups in total. The van der Waals surface area contributed by atoms with Gasteiger partial charge in [0.05, 0.1) is 20.3 Å². The number of benzene rings is 3. The number of nitro groups is 1. The first-order valence-corrected chi connectivity index (χ1v) is 10.3. The molecular weight excluding hydrogens is 392 g/mol. The first-order chi connectivity index (χ1) is 13.8. The van der Waals surface area contributed by atoms with Crippen molar-refractivity contribution in [1.82, 2.24) is 0 Å². The monoisotopic (exact) mass is 410 g/mol. The quantitative estimate of drug-likeness (QED) is 0.483. The maximum Gasteiger partial charge on any atom is 0.269 e. The fourth-order valence-electron chi connectivity index (χ4n) is 2.90. The Morgan fingerprint density at radius 1 is 0.966 bits per heavy atom. The molecule has 0 fully saturated rings. The fraction of sp³-hybridized carbons (Fsp3) is 0.0952. The Bertz CT molecular complexity index is 1170. The van der Waals surface area contributed by atoms with Gasteiger partial charge >= 0.3 is 0 Å². The van der Waals surface area contributed by atoms with Crippen molar-refractivity contribution < 1.29 is 18.1 Å². The smallest absolute Gasteiger partial charge is 0.269 e. The van der Waals surface area contributed by atoms with Crippen molar-refractivity contribution >= 4 is 27.1 Å². The molecule has 29 heavy (non-hydrogen) atoms. The molecule has 0 atom stereocenters. The third-order valence-electron chi connectivity index (χ3n) is 4.43. The minimum Gasteiger partial charge on any atom is -0.322 e. The number of rotatable bonds is 6. The summed E-state index contributed by atoms with van der Waals surface area (Å²) in [5.74, 6) is -0.549. The fourth-order valence-corrected chi connectivity index (χ4v) is 4.36. The average molecular weight is 410 g/mol. The number of sulfone groups is 1. The van der Waals surface area contributed by atoms with Gasteiger partial charge in [0.2, 0.25) is 9.84 Å². The van der Waals surface area contributed by atoms with Crippen molar-refractivity contribution in [3.8, 4) is 0 Å². The maximum atomic E-state index is 13.1. The molecule has 148 valence electrons. The van der Waals surface area contributed by atoms with Gasteiger partial charge in [-0.15, -0.1) is 0 Å². The second-order valence-electron chi connectivity index (χ2n) is 6.22. The molecule has 0 radical (unpaired) electrons. The van der Waals surface area contributed by atoms with E-state index < -0.39 is 20.7 Å². The number of amides is 1. The highest BCUT2D eigenvalue weighted by Crippen LogP contribution is 2.27. The van der Waals surface area contributed by atoms with E-state index in [1.165, 1.54) is 18.2 Å². The lowest BCUT2D eigenvalue weighted by atomic mass is 10.1. The summed E-state index contributed by atoms with van der Waals surface area (Å²) < 4.78 is 26.1. The van der Waals surface area contributed by atoms with Gasteiger partial charge in [-0.25, -0.2) is 8.42 Å². The van der Waals surface area contributed by atoms with Crippen LogP contribution in [-0.4, -0.2) is 19.2 Å². The zero-order valence-corrected chi connectivity index (χ0v) is 16.3. The standard InChI is InChI=1S/C21H18N2O5S/c1-2-15-7-3-5-9-19(15)22-21(24)18-8-4-6-10-20(18)29(27,28)17-13-11-16(12-14-17)23(25)26/h3-14H,2H2,1H3,(H,22,24). The highest BCUT2D eigenvalue weighted by molar-refractivity contribution is 7.91. The predicted octanol–water partition coefficient (Wildman–Crippen LogP) is 4.24. The van der Waals surface area contributed by atoms with Crippen LogP contribution in [0.1, 0.15) is 22.8 Å². The van der Waals surface area contributed by atoms with Crippen molar-refractivity contribution in [1.29, 1.82) is 0 Å². The lowest BCUT2D eigenvalue weighted by Gasteiger charge is -2.13. The average Bonchev–Trinajstić information content (AvgIpc) is 2.74. The molecule has 3 rings (SSSR count). The molecule has 0 aliphatic heterocycles. The van der Waals surface area contributed by atoms with Gasteiger partial charge in [-0.1, -0.05) is 37.3 Å². The Hall–Kier alpha value is -3.52. The summed E-state index contributed by atoms with van der Waals surface area (Å²) in [6, 6.07) is 17.7. The Morgan fingerprint density at radius 2 is 1.59 bits per heavy atom. The zero-order valence-electron chi connectivity index (χ0n) is 15.5. The predicted molar refractivity (Wildman–Crippen MR) is 109 cm³/mol. The van der Waals surface area contributed by atoms with Crippen molar-refractivity contribution in [2.24, 2.45) is 0 Å². The van der Waals surface area contributed by atoms with Crippen LogP contribution >= 0.6 is 0 Å². The van der Waals surface area contributed by atoms with E-state index in [9.17, 15) is 23.3 Å². The van der Waals surface area contributed by atoms with Gasteiger partial charge < -0.3 is 5.32 Å². The molecular formula is C21H18N2O5S. The van der Waals surface area contributed by atoms with Crippen LogP contribution in [0, 0.1) is 10.1 Å². The molecule has 0 heterocycles. The molecule has 3 aromatic rings. The molecule has 0 bridgehead atoms. The molecule has 0 unspecified atom stereocenters. The van der Waals surface area contributed by atoms with E-state index in [0.29, 0.717) is 12.1 Å². The van der Waals surface area contributed by atoms with Crippen LogP contribution in [0.2, 0.25) is 0 Å². The number of nitrogens with one attached hydrogen (secondary N) is 1. The van der Waals surface area contributed by atoms with Crippen molar-refractivity contribution in [2.45, 2.75) is 23.1 Å². The Labute approximate surface area is 168 Å². The number of carbonyl (C=O) groups excluding carboxylic acids is 1. The molecule has 7 nitrogen and oxygen atoms in total. The first-order valence-electron chi connectivity index (χ1n) is 8.82. The van der Waals surface area contributed by atoms with Crippen molar-refractivity contribution in [2.75, 3.05) is 5.32 Å². The molecule has 1 amide bonds. The number of para-hydroxylation sites is 1. The van der Waals surface area contributed by atoms with E-state index in [1.807, 2.05) is 19.1 Å². The van der Waals surface area contributed by atoms with Gasteiger partial charge in [0.25, 0.3) is 11.6 Å². The Morgan fingerprint density at radius 3 is 2.24 bits per heavy atom. The topological polar surface area (TPSA) is 106 Å². The maximum absolute atomic E-state index is 13.1. The van der Waals surface area contributed by atoms with Gasteiger partial charge in [-0.3, -0.25) is 14.9 Å². The zero-order chi connectivity index (χ0) is 21.0. The summed E-state index contributed by atoms with van der Waals surface area (Å²) in [5, 5.41) is 13.6. The summed E-state index contributed by atoms with van der Waals surface area (Å²) in [6.07, 6.45) is 0.708. The van der Waals surface area contributed by atoms with Crippen LogP contribution in [0.25, 0.3) is 0 Å². The lowest BCUT2D eigenvalue weighted by molar-refractivity contribution is -0.384. The van der Waals surface area contributed by atoms with Gasteiger partial charge in [0.1, 0.15) is 0 Å². The van der Waals surface area contributed by atoms with Crippen LogP contribution in [0.15, 0.2) is 82.6 Å². The molecule has 0 aromatic heterocycles. The van der Waals surface area contributed by atoms with E-state index in [1.54, 1.807) is 18.2 Å². The molecule has 0 aliphatic carbocycles. The minimum atomic E-state index is -4.05. The third-order valence-corrected chi connectivity index (χ3v) is 6.25. The molecule has 0 aliphatic rings. The summed E-state index contributed by atoms with van der Waals surface area (Å²) >= 11 is 0. The molecule has 0 saturated heterocycles. The van der Waals surface area contributed by atoms with E-state index in [-0.39, 0.29) is 21.0 Å². The van der Waals surface area contributed by atoms with Crippen LogP contribution in [0.3, 0.4) is 0 Å². The van der Waals surface area contributed by atoms with Crippen LogP contribution < -0.4 is 5.32 Å². The highest BCUT2D eigenvalue weighted by Gasteiger charge is 2.25. The number of aryl methyl sites for hydroxylation is 1. The Kier molecular flexibility index (Phi) is 5.74. The molecule has 0 spiro atoms. The van der Waals surface area contributed by atoms with E-state index >= 15 is 0 Å².